The van der Waals surface area contributed by atoms with Crippen LogP contribution < -0.4 is 5.32 Å². The van der Waals surface area contributed by atoms with Crippen LogP contribution in [0.2, 0.25) is 10.0 Å². The van der Waals surface area contributed by atoms with Gasteiger partial charge in [-0.2, -0.15) is 4.89 Å². The smallest absolute Gasteiger partial charge is 0.391 e. The summed E-state index contributed by atoms with van der Waals surface area (Å²) in [5, 5.41) is 14.6. The van der Waals surface area contributed by atoms with Gasteiger partial charge in [-0.3, -0.25) is 0 Å². The molecule has 4 atom stereocenters. The first-order valence-corrected chi connectivity index (χ1v) is 10.0. The molecule has 2 rings (SSSR count). The van der Waals surface area contributed by atoms with Crippen LogP contribution >= 0.6 is 31.2 Å². The Labute approximate surface area is 158 Å². The van der Waals surface area contributed by atoms with Crippen LogP contribution in [0, 0.1) is 0 Å². The molecule has 3 N–H and O–H groups in total. The molecule has 3 unspecified atom stereocenters. The van der Waals surface area contributed by atoms with E-state index < -0.39 is 14.1 Å². The standard InChI is InChI=1S/C18H20Cl2NO3P/c1-11(14-6-7-16(19)17(20)9-14)21-18(12(2)22)15-5-3-4-13(8-15)10-25(23)24/h3-9,11-12,18,21-22H,10H2,1-2H3/p+1/t11-,12?,18?/m0/s1. The fourth-order valence-electron chi connectivity index (χ4n) is 2.70. The van der Waals surface area contributed by atoms with Gasteiger partial charge in [0, 0.05) is 11.6 Å². The number of hydrogen-bond acceptors (Lipinski definition) is 3. The average Bonchev–Trinajstić information content (AvgIpc) is 2.54. The molecule has 0 aromatic heterocycles. The zero-order valence-corrected chi connectivity index (χ0v) is 16.4. The molecule has 0 saturated carbocycles. The molecule has 7 heteroatoms. The van der Waals surface area contributed by atoms with E-state index in [1.165, 1.54) is 0 Å². The molecule has 25 heavy (non-hydrogen) atoms. The predicted molar refractivity (Wildman–Crippen MR) is 102 cm³/mol. The van der Waals surface area contributed by atoms with Crippen molar-refractivity contribution in [2.45, 2.75) is 38.2 Å². The van der Waals surface area contributed by atoms with Crippen LogP contribution in [-0.4, -0.2) is 16.1 Å². The van der Waals surface area contributed by atoms with E-state index >= 15 is 0 Å². The lowest BCUT2D eigenvalue weighted by atomic mass is 9.98. The van der Waals surface area contributed by atoms with Crippen molar-refractivity contribution in [3.63, 3.8) is 0 Å². The van der Waals surface area contributed by atoms with Gasteiger partial charge in [0.25, 0.3) is 0 Å². The molecule has 4 nitrogen and oxygen atoms in total. The molecule has 134 valence electrons. The molecule has 0 fully saturated rings. The quantitative estimate of drug-likeness (QED) is 0.571. The molecule has 0 saturated heterocycles. The van der Waals surface area contributed by atoms with Gasteiger partial charge in [-0.15, -0.1) is 0 Å². The molecule has 2 aromatic rings. The monoisotopic (exact) mass is 400 g/mol. The number of hydrogen-bond donors (Lipinski definition) is 3. The molecule has 0 spiro atoms. The van der Waals surface area contributed by atoms with Crippen molar-refractivity contribution in [1.29, 1.82) is 0 Å². The normalized spacial score (nSPS) is 15.5. The minimum Gasteiger partial charge on any atom is -0.391 e. The van der Waals surface area contributed by atoms with Gasteiger partial charge >= 0.3 is 8.03 Å². The molecule has 0 bridgehead atoms. The second-order valence-electron chi connectivity index (χ2n) is 6.04. The van der Waals surface area contributed by atoms with Crippen molar-refractivity contribution in [2.24, 2.45) is 0 Å². The number of halogens is 2. The topological polar surface area (TPSA) is 69.6 Å². The molecular formula is C18H21Cl2NO3P+. The van der Waals surface area contributed by atoms with Gasteiger partial charge in [-0.1, -0.05) is 47.5 Å². The fraction of sp³-hybridized carbons (Fsp3) is 0.333. The summed E-state index contributed by atoms with van der Waals surface area (Å²) in [7, 11) is -2.24. The summed E-state index contributed by atoms with van der Waals surface area (Å²) in [6, 6.07) is 12.4. The van der Waals surface area contributed by atoms with Gasteiger partial charge in [-0.25, -0.2) is 0 Å². The van der Waals surface area contributed by atoms with E-state index in [0.29, 0.717) is 10.0 Å². The van der Waals surface area contributed by atoms with Crippen molar-refractivity contribution in [2.75, 3.05) is 0 Å². The third-order valence-electron chi connectivity index (χ3n) is 3.98. The van der Waals surface area contributed by atoms with Crippen molar-refractivity contribution < 1.29 is 14.6 Å². The van der Waals surface area contributed by atoms with Crippen molar-refractivity contribution >= 4 is 31.2 Å². The average molecular weight is 401 g/mol. The van der Waals surface area contributed by atoms with Crippen LogP contribution in [0.3, 0.4) is 0 Å². The summed E-state index contributed by atoms with van der Waals surface area (Å²) in [5.74, 6) is 0. The number of benzene rings is 2. The van der Waals surface area contributed by atoms with E-state index in [2.05, 4.69) is 5.32 Å². The van der Waals surface area contributed by atoms with Crippen molar-refractivity contribution in [3.05, 3.63) is 69.2 Å². The number of nitrogens with one attached hydrogen (secondary N) is 1. The lowest BCUT2D eigenvalue weighted by Crippen LogP contribution is -2.32. The highest BCUT2D eigenvalue weighted by Gasteiger charge is 2.22. The highest BCUT2D eigenvalue weighted by Crippen LogP contribution is 2.29. The first kappa shape index (κ1) is 20.3. The third kappa shape index (κ3) is 5.75. The zero-order valence-electron chi connectivity index (χ0n) is 14.0. The van der Waals surface area contributed by atoms with Crippen LogP contribution in [0.1, 0.15) is 42.6 Å². The van der Waals surface area contributed by atoms with Crippen LogP contribution in [-0.2, 0) is 10.7 Å². The molecule has 0 heterocycles. The second-order valence-corrected chi connectivity index (χ2v) is 7.87. The molecular weight excluding hydrogens is 380 g/mol. The zero-order chi connectivity index (χ0) is 18.6. The fourth-order valence-corrected chi connectivity index (χ4v) is 3.52. The van der Waals surface area contributed by atoms with Crippen LogP contribution in [0.5, 0.6) is 0 Å². The number of rotatable bonds is 7. The summed E-state index contributed by atoms with van der Waals surface area (Å²) in [6.45, 7) is 3.68. The molecule has 0 aliphatic heterocycles. The molecule has 0 aliphatic carbocycles. The number of aliphatic hydroxyl groups is 1. The van der Waals surface area contributed by atoms with Crippen LogP contribution in [0.25, 0.3) is 0 Å². The van der Waals surface area contributed by atoms with Gasteiger partial charge in [-0.05, 0) is 47.7 Å². The van der Waals surface area contributed by atoms with Crippen molar-refractivity contribution in [3.8, 4) is 0 Å². The van der Waals surface area contributed by atoms with Gasteiger partial charge in [0.05, 0.1) is 22.2 Å². The Bertz CT molecular complexity index is 755. The van der Waals surface area contributed by atoms with Gasteiger partial charge in [0.2, 0.25) is 6.16 Å². The second kappa shape index (κ2) is 9.09. The molecule has 0 amide bonds. The summed E-state index contributed by atoms with van der Waals surface area (Å²) >= 11 is 12.0. The van der Waals surface area contributed by atoms with Gasteiger partial charge in [0.15, 0.2) is 0 Å². The maximum Gasteiger partial charge on any atom is 0.510 e. The van der Waals surface area contributed by atoms with E-state index in [4.69, 9.17) is 28.1 Å². The molecule has 0 aliphatic rings. The number of aliphatic hydroxyl groups excluding tert-OH is 1. The third-order valence-corrected chi connectivity index (χ3v) is 5.36. The van der Waals surface area contributed by atoms with E-state index in [1.54, 1.807) is 25.1 Å². The Hall–Kier alpha value is -1.00. The minimum atomic E-state index is -2.24. The molecule has 2 aromatic carbocycles. The Balaban J connectivity index is 2.23. The largest absolute Gasteiger partial charge is 0.510 e. The molecule has 0 radical (unpaired) electrons. The lowest BCUT2D eigenvalue weighted by molar-refractivity contribution is 0.139. The summed E-state index contributed by atoms with van der Waals surface area (Å²) < 4.78 is 11.1. The van der Waals surface area contributed by atoms with E-state index in [9.17, 15) is 9.67 Å². The Kier molecular flexibility index (Phi) is 7.38. The Morgan fingerprint density at radius 1 is 1.08 bits per heavy atom. The Morgan fingerprint density at radius 3 is 2.40 bits per heavy atom. The van der Waals surface area contributed by atoms with Gasteiger partial charge in [0.1, 0.15) is 0 Å². The SMILES string of the molecule is CC(O)C(N[C@@H](C)c1ccc(Cl)c(Cl)c1)c1cccc(C[P+](=O)O)c1. The van der Waals surface area contributed by atoms with Crippen LogP contribution in [0.15, 0.2) is 42.5 Å². The predicted octanol–water partition coefficient (Wildman–Crippen LogP) is 5.00. The van der Waals surface area contributed by atoms with E-state index in [0.717, 1.165) is 16.7 Å². The highest BCUT2D eigenvalue weighted by molar-refractivity contribution is 7.37. The van der Waals surface area contributed by atoms with E-state index in [-0.39, 0.29) is 18.2 Å². The lowest BCUT2D eigenvalue weighted by Gasteiger charge is -2.27. The maximum absolute atomic E-state index is 11.1. The summed E-state index contributed by atoms with van der Waals surface area (Å²) in [4.78, 5) is 9.11. The first-order chi connectivity index (χ1) is 11.8. The summed E-state index contributed by atoms with van der Waals surface area (Å²) in [5.41, 5.74) is 2.57. The maximum atomic E-state index is 11.1. The van der Waals surface area contributed by atoms with Gasteiger partial charge < -0.3 is 10.4 Å². The highest BCUT2D eigenvalue weighted by atomic mass is 35.5. The summed E-state index contributed by atoms with van der Waals surface area (Å²) in [6.07, 6.45) is -0.554. The van der Waals surface area contributed by atoms with E-state index in [1.807, 2.05) is 31.2 Å². The Morgan fingerprint density at radius 2 is 1.80 bits per heavy atom. The first-order valence-electron chi connectivity index (χ1n) is 7.89. The van der Waals surface area contributed by atoms with Crippen molar-refractivity contribution in [1.82, 2.24) is 5.32 Å². The van der Waals surface area contributed by atoms with Crippen LogP contribution in [0.4, 0.5) is 0 Å². The minimum absolute atomic E-state index is 0.0764.